The van der Waals surface area contributed by atoms with Gasteiger partial charge in [-0.05, 0) is 90.0 Å². The van der Waals surface area contributed by atoms with Gasteiger partial charge in [0.1, 0.15) is 0 Å². The van der Waals surface area contributed by atoms with Crippen LogP contribution >= 0.6 is 0 Å². The van der Waals surface area contributed by atoms with Crippen LogP contribution in [-0.4, -0.2) is 19.9 Å². The Hall–Kier alpha value is -5.48. The summed E-state index contributed by atoms with van der Waals surface area (Å²) in [6.07, 6.45) is 8.20. The molecule has 5 heterocycles. The molecule has 0 spiro atoms. The minimum atomic E-state index is 0.917. The van der Waals surface area contributed by atoms with Crippen molar-refractivity contribution in [1.82, 2.24) is 19.9 Å². The normalized spacial score (nSPS) is 11.8. The van der Waals surface area contributed by atoms with Crippen molar-refractivity contribution in [2.45, 2.75) is 6.92 Å². The molecule has 8 bridgehead atoms. The molecule has 2 N–H and O–H groups in total. The Labute approximate surface area is 238 Å². The highest BCUT2D eigenvalue weighted by molar-refractivity contribution is 6.02. The summed E-state index contributed by atoms with van der Waals surface area (Å²) in [5.41, 5.74) is 11.4. The first-order valence-corrected chi connectivity index (χ1v) is 13.7. The fourth-order valence-corrected chi connectivity index (χ4v) is 5.24. The van der Waals surface area contributed by atoms with Gasteiger partial charge in [-0.15, -0.1) is 0 Å². The Balaban J connectivity index is 0.000000348. The molecule has 0 saturated heterocycles. The maximum atomic E-state index is 4.83. The minimum absolute atomic E-state index is 0.917. The first-order valence-electron chi connectivity index (χ1n) is 13.7. The maximum Gasteiger partial charge on any atom is 0.0658 e. The van der Waals surface area contributed by atoms with E-state index in [1.165, 1.54) is 21.9 Å². The second-order valence-corrected chi connectivity index (χ2v) is 10.3. The number of H-pyrrole nitrogens is 2. The number of aromatic amines is 2. The van der Waals surface area contributed by atoms with E-state index in [0.29, 0.717) is 0 Å². The lowest BCUT2D eigenvalue weighted by molar-refractivity contribution is 1.31. The molecule has 0 saturated carbocycles. The van der Waals surface area contributed by atoms with Gasteiger partial charge in [-0.2, -0.15) is 0 Å². The van der Waals surface area contributed by atoms with E-state index >= 15 is 0 Å². The van der Waals surface area contributed by atoms with Crippen LogP contribution in [0.5, 0.6) is 0 Å². The predicted molar refractivity (Wildman–Crippen MR) is 173 cm³/mol. The quantitative estimate of drug-likeness (QED) is 0.223. The van der Waals surface area contributed by atoms with Crippen LogP contribution in [-0.2, 0) is 0 Å². The van der Waals surface area contributed by atoms with Crippen LogP contribution in [0.15, 0.2) is 115 Å². The average molecular weight is 529 g/mol. The van der Waals surface area contributed by atoms with Crippen LogP contribution in [0.25, 0.3) is 68.3 Å². The van der Waals surface area contributed by atoms with E-state index in [-0.39, 0.29) is 0 Å². The van der Waals surface area contributed by atoms with Gasteiger partial charge in [0.15, 0.2) is 0 Å². The molecule has 0 fully saturated rings. The Morgan fingerprint density at radius 2 is 1.05 bits per heavy atom. The Kier molecular flexibility index (Phi) is 6.34. The third-order valence-electron chi connectivity index (χ3n) is 7.19. The minimum Gasteiger partial charge on any atom is -0.355 e. The lowest BCUT2D eigenvalue weighted by Gasteiger charge is -2.05. The number of nitrogens with one attached hydrogen (secondary N) is 2. The number of hydrogen-bond acceptors (Lipinski definition) is 2. The topological polar surface area (TPSA) is 57.4 Å². The van der Waals surface area contributed by atoms with E-state index in [4.69, 9.17) is 9.97 Å². The lowest BCUT2D eigenvalue weighted by Crippen LogP contribution is -1.80. The van der Waals surface area contributed by atoms with E-state index in [9.17, 15) is 0 Å². The van der Waals surface area contributed by atoms with Gasteiger partial charge in [0, 0.05) is 27.6 Å². The zero-order valence-corrected chi connectivity index (χ0v) is 22.7. The van der Waals surface area contributed by atoms with E-state index < -0.39 is 0 Å². The molecule has 2 aliphatic rings. The standard InChI is InChI=1S/C30H20N4.C7H8/c1-2-6-27-19(4-1)5-3-7-28(27)29-17-26-16-24-11-10-22(32-24)14-20-8-9-21(31-20)15-23-12-13-25(33-23)18-30(29)34-26;1-7-5-3-2-4-6-7/h1-18,31,34H;2-6H,1H3. The van der Waals surface area contributed by atoms with Gasteiger partial charge in [-0.3, -0.25) is 0 Å². The van der Waals surface area contributed by atoms with Gasteiger partial charge < -0.3 is 9.97 Å². The first-order chi connectivity index (χ1) is 20.2. The van der Waals surface area contributed by atoms with Gasteiger partial charge in [-0.25, -0.2) is 9.97 Å². The molecule has 0 atom stereocenters. The van der Waals surface area contributed by atoms with Gasteiger partial charge in [-0.1, -0.05) is 78.4 Å². The molecule has 41 heavy (non-hydrogen) atoms. The van der Waals surface area contributed by atoms with Crippen LogP contribution < -0.4 is 0 Å². The number of benzene rings is 3. The number of nitrogens with zero attached hydrogens (tertiary/aromatic N) is 2. The molecule has 3 aromatic heterocycles. The van der Waals surface area contributed by atoms with Crippen molar-refractivity contribution in [3.8, 4) is 11.1 Å². The number of hydrogen-bond donors (Lipinski definition) is 2. The zero-order valence-electron chi connectivity index (χ0n) is 22.7. The molecule has 3 aromatic carbocycles. The second kappa shape index (κ2) is 10.6. The Morgan fingerprint density at radius 3 is 1.71 bits per heavy atom. The molecule has 0 aliphatic carbocycles. The Bertz CT molecular complexity index is 2110. The van der Waals surface area contributed by atoms with E-state index in [0.717, 1.165) is 50.4 Å². The SMILES string of the molecule is C1=Cc2cc3cc(-c4cccc5ccccc45)c(cc4nc(cc5ccc(cc1n2)[nH]5)C=C4)[nH]3.Cc1ccccc1. The highest BCUT2D eigenvalue weighted by Crippen LogP contribution is 2.33. The first kappa shape index (κ1) is 24.6. The summed E-state index contributed by atoms with van der Waals surface area (Å²) >= 11 is 0. The van der Waals surface area contributed by atoms with Crippen molar-refractivity contribution in [2.75, 3.05) is 0 Å². The number of fused-ring (bicyclic) bond motifs is 9. The van der Waals surface area contributed by atoms with Crippen LogP contribution in [0.3, 0.4) is 0 Å². The largest absolute Gasteiger partial charge is 0.355 e. The van der Waals surface area contributed by atoms with Crippen molar-refractivity contribution in [3.63, 3.8) is 0 Å². The average Bonchev–Trinajstić information content (AvgIpc) is 3.79. The van der Waals surface area contributed by atoms with Gasteiger partial charge in [0.05, 0.1) is 22.8 Å². The molecular weight excluding hydrogens is 500 g/mol. The molecule has 4 heteroatoms. The van der Waals surface area contributed by atoms with Crippen LogP contribution in [0.2, 0.25) is 0 Å². The van der Waals surface area contributed by atoms with Gasteiger partial charge in [0.25, 0.3) is 0 Å². The zero-order chi connectivity index (χ0) is 27.6. The molecule has 0 radical (unpaired) electrons. The van der Waals surface area contributed by atoms with Gasteiger partial charge in [0.2, 0.25) is 0 Å². The van der Waals surface area contributed by atoms with Crippen LogP contribution in [0.1, 0.15) is 28.3 Å². The Morgan fingerprint density at radius 1 is 0.463 bits per heavy atom. The van der Waals surface area contributed by atoms with Crippen molar-refractivity contribution >= 4 is 57.1 Å². The lowest BCUT2D eigenvalue weighted by atomic mass is 9.99. The van der Waals surface area contributed by atoms with E-state index in [2.05, 4.69) is 120 Å². The highest BCUT2D eigenvalue weighted by Gasteiger charge is 2.10. The summed E-state index contributed by atoms with van der Waals surface area (Å²) in [6.45, 7) is 2.08. The fraction of sp³-hybridized carbons (Fsp3) is 0.0270. The molecule has 2 aliphatic heterocycles. The van der Waals surface area contributed by atoms with Crippen LogP contribution in [0.4, 0.5) is 0 Å². The third kappa shape index (κ3) is 5.36. The second-order valence-electron chi connectivity index (χ2n) is 10.3. The summed E-state index contributed by atoms with van der Waals surface area (Å²) in [6, 6.07) is 39.9. The molecule has 4 nitrogen and oxygen atoms in total. The number of rotatable bonds is 1. The summed E-state index contributed by atoms with van der Waals surface area (Å²) in [5, 5.41) is 2.45. The molecule has 8 rings (SSSR count). The number of aryl methyl sites for hydroxylation is 1. The smallest absolute Gasteiger partial charge is 0.0658 e. The molecule has 0 unspecified atom stereocenters. The fourth-order valence-electron chi connectivity index (χ4n) is 5.24. The summed E-state index contributed by atoms with van der Waals surface area (Å²) in [4.78, 5) is 16.6. The predicted octanol–water partition coefficient (Wildman–Crippen LogP) is 9.47. The van der Waals surface area contributed by atoms with Gasteiger partial charge >= 0.3 is 0 Å². The molecule has 196 valence electrons. The van der Waals surface area contributed by atoms with Crippen LogP contribution in [0, 0.1) is 6.92 Å². The summed E-state index contributed by atoms with van der Waals surface area (Å²) in [7, 11) is 0. The van der Waals surface area contributed by atoms with Crippen molar-refractivity contribution < 1.29 is 0 Å². The van der Waals surface area contributed by atoms with Crippen molar-refractivity contribution in [1.29, 1.82) is 0 Å². The number of aromatic nitrogens is 4. The molecular formula is C37H28N4. The molecule has 0 amide bonds. The molecule has 6 aromatic rings. The summed E-state index contributed by atoms with van der Waals surface area (Å²) < 4.78 is 0. The monoisotopic (exact) mass is 528 g/mol. The van der Waals surface area contributed by atoms with Crippen molar-refractivity contribution in [2.24, 2.45) is 0 Å². The van der Waals surface area contributed by atoms with E-state index in [1.54, 1.807) is 0 Å². The summed E-state index contributed by atoms with van der Waals surface area (Å²) in [5.74, 6) is 0. The highest BCUT2D eigenvalue weighted by atomic mass is 14.8. The van der Waals surface area contributed by atoms with E-state index in [1.807, 2.05) is 36.4 Å². The maximum absolute atomic E-state index is 4.83. The third-order valence-corrected chi connectivity index (χ3v) is 7.19. The van der Waals surface area contributed by atoms with Crippen molar-refractivity contribution in [3.05, 3.63) is 144 Å².